The zero-order valence-corrected chi connectivity index (χ0v) is 18.3. The molecule has 11 heteroatoms. The summed E-state index contributed by atoms with van der Waals surface area (Å²) in [6, 6.07) is 12.3. The Morgan fingerprint density at radius 1 is 0.900 bits per heavy atom. The first-order valence-electron chi connectivity index (χ1n) is 9.04. The Morgan fingerprint density at radius 3 is 2.00 bits per heavy atom. The summed E-state index contributed by atoms with van der Waals surface area (Å²) >= 11 is 0. The zero-order valence-electron chi connectivity index (χ0n) is 16.7. The summed E-state index contributed by atoms with van der Waals surface area (Å²) < 4.78 is 57.6. The summed E-state index contributed by atoms with van der Waals surface area (Å²) in [6.45, 7) is 3.93. The maximum Gasteiger partial charge on any atom is 0.261 e. The van der Waals surface area contributed by atoms with Crippen molar-refractivity contribution in [1.82, 2.24) is 10.1 Å². The van der Waals surface area contributed by atoms with E-state index in [-0.39, 0.29) is 16.5 Å². The van der Waals surface area contributed by atoms with Gasteiger partial charge in [0.05, 0.1) is 11.2 Å². The number of aromatic nitrogens is 2. The second-order valence-electron chi connectivity index (χ2n) is 7.08. The fourth-order valence-corrected chi connectivity index (χ4v) is 4.20. The number of nitrogens with zero attached hydrogens (tertiary/aromatic N) is 2. The molecule has 0 aliphatic rings. The van der Waals surface area contributed by atoms with E-state index in [1.165, 1.54) is 24.3 Å². The van der Waals surface area contributed by atoms with E-state index in [1.807, 2.05) is 13.8 Å². The molecule has 9 nitrogen and oxygen atoms in total. The monoisotopic (exact) mass is 450 g/mol. The van der Waals surface area contributed by atoms with E-state index in [9.17, 15) is 16.8 Å². The van der Waals surface area contributed by atoms with Gasteiger partial charge >= 0.3 is 0 Å². The molecular weight excluding hydrogens is 428 g/mol. The van der Waals surface area contributed by atoms with Crippen LogP contribution in [-0.2, 0) is 26.5 Å². The van der Waals surface area contributed by atoms with Crippen molar-refractivity contribution in [3.63, 3.8) is 0 Å². The maximum absolute atomic E-state index is 12.6. The molecule has 0 saturated carbocycles. The van der Waals surface area contributed by atoms with Crippen LogP contribution >= 0.6 is 0 Å². The molecule has 0 aliphatic heterocycles. The molecule has 0 atom stereocenters. The van der Waals surface area contributed by atoms with Gasteiger partial charge in [0.1, 0.15) is 0 Å². The van der Waals surface area contributed by atoms with Crippen LogP contribution in [0.1, 0.15) is 37.0 Å². The first-order chi connectivity index (χ1) is 14.0. The lowest BCUT2D eigenvalue weighted by molar-refractivity contribution is 0.361. The number of hydrogen-bond acceptors (Lipinski definition) is 7. The first kappa shape index (κ1) is 21.8. The lowest BCUT2D eigenvalue weighted by Crippen LogP contribution is -2.13. The number of benzene rings is 2. The molecule has 0 spiro atoms. The zero-order chi connectivity index (χ0) is 21.9. The highest BCUT2D eigenvalue weighted by molar-refractivity contribution is 7.92. The Bertz CT molecular complexity index is 1220. The Morgan fingerprint density at radius 2 is 1.47 bits per heavy atom. The molecule has 0 radical (unpaired) electrons. The second kappa shape index (κ2) is 8.44. The average molecular weight is 451 g/mol. The molecule has 0 bridgehead atoms. The SMILES string of the molecule is CC(C)c1nc(Cc2ccc(NS(=O)(=O)c3ccc(NS(C)(=O)=O)cc3)cc2)no1. The molecule has 0 aliphatic carbocycles. The van der Waals surface area contributed by atoms with Gasteiger partial charge < -0.3 is 4.52 Å². The van der Waals surface area contributed by atoms with Gasteiger partial charge in [-0.3, -0.25) is 9.44 Å². The van der Waals surface area contributed by atoms with Crippen molar-refractivity contribution in [2.75, 3.05) is 15.7 Å². The normalized spacial score (nSPS) is 12.1. The molecule has 2 N–H and O–H groups in total. The molecule has 1 aromatic heterocycles. The van der Waals surface area contributed by atoms with Gasteiger partial charge in [-0.1, -0.05) is 31.1 Å². The molecule has 160 valence electrons. The molecule has 3 aromatic rings. The van der Waals surface area contributed by atoms with Crippen LogP contribution in [0, 0.1) is 0 Å². The summed E-state index contributed by atoms with van der Waals surface area (Å²) in [6.07, 6.45) is 1.49. The minimum absolute atomic E-state index is 0.0126. The van der Waals surface area contributed by atoms with Crippen LogP contribution in [-0.4, -0.2) is 33.2 Å². The Kier molecular flexibility index (Phi) is 6.13. The lowest BCUT2D eigenvalue weighted by atomic mass is 10.1. The lowest BCUT2D eigenvalue weighted by Gasteiger charge is -2.10. The predicted octanol–water partition coefficient (Wildman–Crippen LogP) is 2.96. The molecule has 3 rings (SSSR count). The predicted molar refractivity (Wildman–Crippen MR) is 113 cm³/mol. The topological polar surface area (TPSA) is 131 Å². The van der Waals surface area contributed by atoms with Crippen molar-refractivity contribution in [2.45, 2.75) is 31.1 Å². The molecule has 2 aromatic carbocycles. The van der Waals surface area contributed by atoms with Crippen LogP contribution in [0.25, 0.3) is 0 Å². The number of hydrogen-bond donors (Lipinski definition) is 2. The quantitative estimate of drug-likeness (QED) is 0.539. The molecule has 30 heavy (non-hydrogen) atoms. The third-order valence-corrected chi connectivity index (χ3v) is 6.02. The van der Waals surface area contributed by atoms with E-state index in [4.69, 9.17) is 4.52 Å². The fourth-order valence-electron chi connectivity index (χ4n) is 2.58. The van der Waals surface area contributed by atoms with E-state index in [0.29, 0.717) is 23.8 Å². The highest BCUT2D eigenvalue weighted by atomic mass is 32.2. The van der Waals surface area contributed by atoms with Crippen LogP contribution in [0.15, 0.2) is 57.9 Å². The van der Waals surface area contributed by atoms with Crippen LogP contribution in [0.5, 0.6) is 0 Å². The van der Waals surface area contributed by atoms with Crippen LogP contribution in [0.3, 0.4) is 0 Å². The summed E-state index contributed by atoms with van der Waals surface area (Å²) in [5.74, 6) is 1.29. The van der Waals surface area contributed by atoms with E-state index < -0.39 is 20.0 Å². The van der Waals surface area contributed by atoms with Crippen LogP contribution in [0.2, 0.25) is 0 Å². The van der Waals surface area contributed by atoms with Crippen LogP contribution in [0.4, 0.5) is 11.4 Å². The first-order valence-corrected chi connectivity index (χ1v) is 12.4. The largest absolute Gasteiger partial charge is 0.339 e. The third-order valence-electron chi connectivity index (χ3n) is 4.01. The van der Waals surface area contributed by atoms with E-state index in [2.05, 4.69) is 19.6 Å². The number of rotatable bonds is 8. The van der Waals surface area contributed by atoms with E-state index >= 15 is 0 Å². The standard InChI is InChI=1S/C19H22N4O5S2/c1-13(2)19-20-18(21-28-19)12-14-4-6-16(7-5-14)23-30(26,27)17-10-8-15(9-11-17)22-29(3,24)25/h4-11,13,22-23H,12H2,1-3H3. The van der Waals surface area contributed by atoms with Gasteiger partial charge in [0.15, 0.2) is 5.82 Å². The fraction of sp³-hybridized carbons (Fsp3) is 0.263. The van der Waals surface area contributed by atoms with E-state index in [1.54, 1.807) is 24.3 Å². The molecule has 0 fully saturated rings. The van der Waals surface area contributed by atoms with Crippen molar-refractivity contribution in [1.29, 1.82) is 0 Å². The summed E-state index contributed by atoms with van der Waals surface area (Å²) in [5.41, 5.74) is 1.58. The van der Waals surface area contributed by atoms with Crippen molar-refractivity contribution < 1.29 is 21.4 Å². The minimum Gasteiger partial charge on any atom is -0.339 e. The van der Waals surface area contributed by atoms with Gasteiger partial charge in [0, 0.05) is 23.7 Å². The van der Waals surface area contributed by atoms with Gasteiger partial charge in [0.2, 0.25) is 15.9 Å². The van der Waals surface area contributed by atoms with E-state index in [0.717, 1.165) is 11.8 Å². The number of sulfonamides is 2. The summed E-state index contributed by atoms with van der Waals surface area (Å²) in [4.78, 5) is 4.34. The summed E-state index contributed by atoms with van der Waals surface area (Å²) in [5, 5.41) is 3.94. The van der Waals surface area contributed by atoms with Gasteiger partial charge in [-0.2, -0.15) is 4.98 Å². The minimum atomic E-state index is -3.82. The summed E-state index contributed by atoms with van der Waals surface area (Å²) in [7, 11) is -7.25. The molecular formula is C19H22N4O5S2. The van der Waals surface area contributed by atoms with Crippen LogP contribution < -0.4 is 9.44 Å². The highest BCUT2D eigenvalue weighted by Crippen LogP contribution is 2.20. The molecule has 0 amide bonds. The molecule has 0 saturated heterocycles. The highest BCUT2D eigenvalue weighted by Gasteiger charge is 2.15. The number of anilines is 2. The van der Waals surface area contributed by atoms with Gasteiger partial charge in [0.25, 0.3) is 10.0 Å². The van der Waals surface area contributed by atoms with Gasteiger partial charge in [-0.15, -0.1) is 0 Å². The molecule has 1 heterocycles. The van der Waals surface area contributed by atoms with Gasteiger partial charge in [-0.25, -0.2) is 16.8 Å². The Labute approximate surface area is 175 Å². The number of nitrogens with one attached hydrogen (secondary N) is 2. The van der Waals surface area contributed by atoms with Crippen molar-refractivity contribution in [3.05, 3.63) is 65.8 Å². The second-order valence-corrected chi connectivity index (χ2v) is 10.5. The Balaban J connectivity index is 1.67. The maximum atomic E-state index is 12.6. The Hall–Kier alpha value is -2.92. The van der Waals surface area contributed by atoms with Crippen molar-refractivity contribution >= 4 is 31.4 Å². The average Bonchev–Trinajstić information content (AvgIpc) is 3.11. The van der Waals surface area contributed by atoms with Crippen molar-refractivity contribution in [2.24, 2.45) is 0 Å². The molecule has 0 unspecified atom stereocenters. The van der Waals surface area contributed by atoms with Gasteiger partial charge in [-0.05, 0) is 42.0 Å². The smallest absolute Gasteiger partial charge is 0.261 e. The third kappa shape index (κ3) is 5.80. The van der Waals surface area contributed by atoms with Crippen molar-refractivity contribution in [3.8, 4) is 0 Å².